The first kappa shape index (κ1) is 29.5. The molecule has 1 amide bonds. The number of hydrogen-bond acceptors (Lipinski definition) is 7. The maximum absolute atomic E-state index is 12.9. The summed E-state index contributed by atoms with van der Waals surface area (Å²) in [6, 6.07) is 20.8. The SMILES string of the molecule is COc1ccc(/C=C/C(=O)Nc2ccc(N3CCN(C)CC3)cc2COc2ccccc2)cc1OC(C)=O.Cl. The van der Waals surface area contributed by atoms with E-state index in [-0.39, 0.29) is 18.3 Å². The minimum atomic E-state index is -0.451. The van der Waals surface area contributed by atoms with Crippen molar-refractivity contribution < 1.29 is 23.8 Å². The van der Waals surface area contributed by atoms with Crippen LogP contribution in [0.25, 0.3) is 6.08 Å². The first-order chi connectivity index (χ1) is 18.4. The third kappa shape index (κ3) is 8.49. The summed E-state index contributed by atoms with van der Waals surface area (Å²) in [5, 5.41) is 2.98. The normalized spacial score (nSPS) is 13.5. The smallest absolute Gasteiger partial charge is 0.308 e. The summed E-state index contributed by atoms with van der Waals surface area (Å²) in [5.41, 5.74) is 3.36. The van der Waals surface area contributed by atoms with Crippen molar-refractivity contribution in [1.82, 2.24) is 4.90 Å². The molecule has 0 saturated carbocycles. The Morgan fingerprint density at radius 2 is 1.69 bits per heavy atom. The van der Waals surface area contributed by atoms with E-state index in [2.05, 4.69) is 28.2 Å². The van der Waals surface area contributed by atoms with Gasteiger partial charge in [0.25, 0.3) is 0 Å². The first-order valence-electron chi connectivity index (χ1n) is 12.5. The van der Waals surface area contributed by atoms with Crippen LogP contribution in [-0.2, 0) is 16.2 Å². The Balaban J connectivity index is 0.00000420. The van der Waals surface area contributed by atoms with Crippen molar-refractivity contribution in [3.8, 4) is 17.2 Å². The number of nitrogens with zero attached hydrogens (tertiary/aromatic N) is 2. The van der Waals surface area contributed by atoms with Crippen LogP contribution in [0.4, 0.5) is 11.4 Å². The van der Waals surface area contributed by atoms with Crippen molar-refractivity contribution in [2.75, 3.05) is 50.6 Å². The predicted molar refractivity (Wildman–Crippen MR) is 156 cm³/mol. The van der Waals surface area contributed by atoms with Crippen LogP contribution in [-0.4, -0.2) is 57.1 Å². The molecule has 1 saturated heterocycles. The summed E-state index contributed by atoms with van der Waals surface area (Å²) in [6.45, 7) is 5.54. The molecule has 206 valence electrons. The summed E-state index contributed by atoms with van der Waals surface area (Å²) in [7, 11) is 3.63. The van der Waals surface area contributed by atoms with Crippen LogP contribution in [0.3, 0.4) is 0 Å². The van der Waals surface area contributed by atoms with Crippen LogP contribution in [0.2, 0.25) is 0 Å². The average Bonchev–Trinajstić information content (AvgIpc) is 2.92. The summed E-state index contributed by atoms with van der Waals surface area (Å²) in [6.07, 6.45) is 3.09. The number of ether oxygens (including phenoxy) is 3. The standard InChI is InChI=1S/C30H33N3O5.ClH/c1-22(34)38-29-19-23(9-13-28(29)36-3)10-14-30(35)31-27-12-11-25(33-17-15-32(2)16-18-33)20-24(27)21-37-26-7-5-4-6-8-26;/h4-14,19-20H,15-18,21H2,1-3H3,(H,31,35);1H/b14-10+;. The van der Waals surface area contributed by atoms with E-state index in [0.717, 1.165) is 43.2 Å². The number of benzene rings is 3. The molecule has 1 aliphatic heterocycles. The fraction of sp³-hybridized carbons (Fsp3) is 0.267. The Hall–Kier alpha value is -4.01. The van der Waals surface area contributed by atoms with Gasteiger partial charge in [-0.15, -0.1) is 12.4 Å². The van der Waals surface area contributed by atoms with Crippen molar-refractivity contribution >= 4 is 41.7 Å². The van der Waals surface area contributed by atoms with Crippen LogP contribution in [0.5, 0.6) is 17.2 Å². The molecule has 3 aromatic carbocycles. The Morgan fingerprint density at radius 3 is 2.38 bits per heavy atom. The van der Waals surface area contributed by atoms with Crippen molar-refractivity contribution in [2.45, 2.75) is 13.5 Å². The molecule has 0 unspecified atom stereocenters. The average molecular weight is 552 g/mol. The highest BCUT2D eigenvalue weighted by atomic mass is 35.5. The Kier molecular flexibility index (Phi) is 10.8. The number of halogens is 1. The van der Waals surface area contributed by atoms with Gasteiger partial charge in [0.15, 0.2) is 11.5 Å². The molecule has 1 N–H and O–H groups in total. The molecule has 0 aliphatic carbocycles. The van der Waals surface area contributed by atoms with E-state index in [1.165, 1.54) is 20.1 Å². The third-order valence-electron chi connectivity index (χ3n) is 6.22. The number of esters is 1. The second-order valence-corrected chi connectivity index (χ2v) is 9.06. The largest absolute Gasteiger partial charge is 0.493 e. The zero-order chi connectivity index (χ0) is 26.9. The van der Waals surface area contributed by atoms with Gasteiger partial charge < -0.3 is 29.3 Å². The number of carbonyl (C=O) groups excluding carboxylic acids is 2. The quantitative estimate of drug-likeness (QED) is 0.227. The molecule has 0 radical (unpaired) electrons. The van der Waals surface area contributed by atoms with Gasteiger partial charge in [-0.1, -0.05) is 24.3 Å². The van der Waals surface area contributed by atoms with Gasteiger partial charge in [0.05, 0.1) is 7.11 Å². The second-order valence-electron chi connectivity index (χ2n) is 9.06. The molecule has 0 aromatic heterocycles. The number of likely N-dealkylation sites (N-methyl/N-ethyl adjacent to an activating group) is 1. The van der Waals surface area contributed by atoms with E-state index in [9.17, 15) is 9.59 Å². The molecule has 39 heavy (non-hydrogen) atoms. The lowest BCUT2D eigenvalue weighted by Gasteiger charge is -2.34. The number of methoxy groups -OCH3 is 1. The lowest BCUT2D eigenvalue weighted by Crippen LogP contribution is -2.44. The molecule has 9 heteroatoms. The highest BCUT2D eigenvalue weighted by Gasteiger charge is 2.16. The third-order valence-corrected chi connectivity index (χ3v) is 6.22. The second kappa shape index (κ2) is 14.2. The predicted octanol–water partition coefficient (Wildman–Crippen LogP) is 5.03. The van der Waals surface area contributed by atoms with Gasteiger partial charge in [0.2, 0.25) is 5.91 Å². The van der Waals surface area contributed by atoms with Crippen LogP contribution in [0.15, 0.2) is 72.8 Å². The van der Waals surface area contributed by atoms with E-state index in [1.54, 1.807) is 24.3 Å². The summed E-state index contributed by atoms with van der Waals surface area (Å²) in [4.78, 5) is 28.9. The van der Waals surface area contributed by atoms with Crippen LogP contribution < -0.4 is 24.4 Å². The zero-order valence-corrected chi connectivity index (χ0v) is 23.2. The van der Waals surface area contributed by atoms with Gasteiger partial charge in [-0.25, -0.2) is 0 Å². The fourth-order valence-corrected chi connectivity index (χ4v) is 4.14. The number of carbonyl (C=O) groups is 2. The lowest BCUT2D eigenvalue weighted by molar-refractivity contribution is -0.132. The molecule has 8 nitrogen and oxygen atoms in total. The fourth-order valence-electron chi connectivity index (χ4n) is 4.14. The minimum absolute atomic E-state index is 0. The minimum Gasteiger partial charge on any atom is -0.493 e. The molecule has 0 atom stereocenters. The molecule has 0 bridgehead atoms. The van der Waals surface area contributed by atoms with Crippen molar-refractivity contribution in [3.05, 3.63) is 83.9 Å². The monoisotopic (exact) mass is 551 g/mol. The molecule has 4 rings (SSSR count). The van der Waals surface area contributed by atoms with Gasteiger partial charge >= 0.3 is 5.97 Å². The molecular weight excluding hydrogens is 518 g/mol. The number of para-hydroxylation sites is 1. The molecule has 1 heterocycles. The van der Waals surface area contributed by atoms with Gasteiger partial charge in [-0.05, 0) is 61.2 Å². The van der Waals surface area contributed by atoms with Gasteiger partial charge in [-0.3, -0.25) is 9.59 Å². The van der Waals surface area contributed by atoms with Gasteiger partial charge in [-0.2, -0.15) is 0 Å². The van der Waals surface area contributed by atoms with E-state index < -0.39 is 5.97 Å². The van der Waals surface area contributed by atoms with Gasteiger partial charge in [0, 0.05) is 56.1 Å². The van der Waals surface area contributed by atoms with Crippen molar-refractivity contribution in [3.63, 3.8) is 0 Å². The number of nitrogens with one attached hydrogen (secondary N) is 1. The molecule has 1 aliphatic rings. The number of piperazine rings is 1. The molecular formula is C30H34ClN3O5. The van der Waals surface area contributed by atoms with E-state index in [1.807, 2.05) is 42.5 Å². The highest BCUT2D eigenvalue weighted by Crippen LogP contribution is 2.29. The number of hydrogen-bond donors (Lipinski definition) is 1. The number of rotatable bonds is 9. The summed E-state index contributed by atoms with van der Waals surface area (Å²) in [5.74, 6) is 0.751. The lowest BCUT2D eigenvalue weighted by atomic mass is 10.1. The maximum atomic E-state index is 12.9. The Bertz CT molecular complexity index is 1290. The number of amides is 1. The maximum Gasteiger partial charge on any atom is 0.308 e. The molecule has 0 spiro atoms. The van der Waals surface area contributed by atoms with E-state index in [4.69, 9.17) is 14.2 Å². The van der Waals surface area contributed by atoms with E-state index >= 15 is 0 Å². The van der Waals surface area contributed by atoms with Crippen LogP contribution in [0.1, 0.15) is 18.1 Å². The zero-order valence-electron chi connectivity index (χ0n) is 22.4. The first-order valence-corrected chi connectivity index (χ1v) is 12.5. The molecule has 1 fully saturated rings. The van der Waals surface area contributed by atoms with Crippen molar-refractivity contribution in [2.24, 2.45) is 0 Å². The van der Waals surface area contributed by atoms with E-state index in [0.29, 0.717) is 29.4 Å². The highest BCUT2D eigenvalue weighted by molar-refractivity contribution is 6.02. The molecule has 3 aromatic rings. The topological polar surface area (TPSA) is 80.3 Å². The van der Waals surface area contributed by atoms with Crippen molar-refractivity contribution in [1.29, 1.82) is 0 Å². The summed E-state index contributed by atoms with van der Waals surface area (Å²) >= 11 is 0. The Morgan fingerprint density at radius 1 is 0.949 bits per heavy atom. The Labute approximate surface area is 235 Å². The summed E-state index contributed by atoms with van der Waals surface area (Å²) < 4.78 is 16.5. The van der Waals surface area contributed by atoms with Crippen LogP contribution >= 0.6 is 12.4 Å². The number of anilines is 2. The van der Waals surface area contributed by atoms with Crippen LogP contribution in [0, 0.1) is 0 Å². The van der Waals surface area contributed by atoms with Gasteiger partial charge in [0.1, 0.15) is 12.4 Å².